The van der Waals surface area contributed by atoms with Crippen molar-refractivity contribution in [1.82, 2.24) is 0 Å². The van der Waals surface area contributed by atoms with Gasteiger partial charge in [-0.05, 0) is 34.1 Å². The fourth-order valence-electron chi connectivity index (χ4n) is 1.94. The minimum absolute atomic E-state index is 0.484. The molecule has 0 saturated heterocycles. The molecule has 2 aromatic carbocycles. The third kappa shape index (κ3) is 2.92. The molecule has 2 rings (SSSR count). The Kier molecular flexibility index (Phi) is 4.91. The molecule has 5 heteroatoms. The SMILES string of the molecule is COc1ccc(C(O)c2cccc(Br)c2Cl)c(OC)c1. The maximum atomic E-state index is 10.5. The smallest absolute Gasteiger partial charge is 0.128 e. The zero-order valence-electron chi connectivity index (χ0n) is 11.1. The molecule has 1 unspecified atom stereocenters. The number of methoxy groups -OCH3 is 2. The molecule has 0 radical (unpaired) electrons. The minimum atomic E-state index is -0.874. The van der Waals surface area contributed by atoms with Gasteiger partial charge in [0.15, 0.2) is 0 Å². The molecule has 0 spiro atoms. The monoisotopic (exact) mass is 356 g/mol. The van der Waals surface area contributed by atoms with Crippen molar-refractivity contribution >= 4 is 27.5 Å². The number of aliphatic hydroxyl groups is 1. The quantitative estimate of drug-likeness (QED) is 0.891. The summed E-state index contributed by atoms with van der Waals surface area (Å²) < 4.78 is 11.2. The first-order valence-corrected chi connectivity index (χ1v) is 7.09. The highest BCUT2D eigenvalue weighted by molar-refractivity contribution is 9.10. The molecule has 0 bridgehead atoms. The van der Waals surface area contributed by atoms with E-state index in [-0.39, 0.29) is 0 Å². The zero-order valence-corrected chi connectivity index (χ0v) is 13.4. The standard InChI is InChI=1S/C15H14BrClO3/c1-19-9-6-7-10(13(8-9)20-2)15(18)11-4-3-5-12(16)14(11)17/h3-8,15,18H,1-2H3. The van der Waals surface area contributed by atoms with E-state index in [9.17, 15) is 5.11 Å². The predicted molar refractivity (Wildman–Crippen MR) is 82.8 cm³/mol. The van der Waals surface area contributed by atoms with Crippen molar-refractivity contribution in [2.24, 2.45) is 0 Å². The highest BCUT2D eigenvalue weighted by atomic mass is 79.9. The molecule has 0 aliphatic carbocycles. The minimum Gasteiger partial charge on any atom is -0.497 e. The van der Waals surface area contributed by atoms with E-state index in [0.29, 0.717) is 27.6 Å². The predicted octanol–water partition coefficient (Wildman–Crippen LogP) is 4.20. The molecule has 0 aliphatic rings. The van der Waals surface area contributed by atoms with Crippen LogP contribution in [0.2, 0.25) is 5.02 Å². The maximum Gasteiger partial charge on any atom is 0.128 e. The van der Waals surface area contributed by atoms with Gasteiger partial charge in [0.25, 0.3) is 0 Å². The summed E-state index contributed by atoms with van der Waals surface area (Å²) in [4.78, 5) is 0. The number of ether oxygens (including phenoxy) is 2. The van der Waals surface area contributed by atoms with Crippen LogP contribution in [-0.4, -0.2) is 19.3 Å². The molecule has 1 N–H and O–H groups in total. The van der Waals surface area contributed by atoms with Crippen molar-refractivity contribution in [3.05, 3.63) is 57.0 Å². The van der Waals surface area contributed by atoms with Crippen LogP contribution in [0, 0.1) is 0 Å². The van der Waals surface area contributed by atoms with Crippen molar-refractivity contribution in [2.75, 3.05) is 14.2 Å². The first kappa shape index (κ1) is 15.2. The Labute approximate surface area is 131 Å². The van der Waals surface area contributed by atoms with E-state index in [1.54, 1.807) is 38.5 Å². The van der Waals surface area contributed by atoms with Gasteiger partial charge in [0.1, 0.15) is 17.6 Å². The van der Waals surface area contributed by atoms with Crippen LogP contribution in [0.25, 0.3) is 0 Å². The molecule has 2 aromatic rings. The van der Waals surface area contributed by atoms with E-state index < -0.39 is 6.10 Å². The maximum absolute atomic E-state index is 10.5. The first-order chi connectivity index (χ1) is 9.58. The van der Waals surface area contributed by atoms with Gasteiger partial charge in [-0.3, -0.25) is 0 Å². The molecule has 0 heterocycles. The van der Waals surface area contributed by atoms with Gasteiger partial charge in [-0.25, -0.2) is 0 Å². The number of aliphatic hydroxyl groups excluding tert-OH is 1. The van der Waals surface area contributed by atoms with E-state index in [2.05, 4.69) is 15.9 Å². The van der Waals surface area contributed by atoms with Crippen LogP contribution in [-0.2, 0) is 0 Å². The summed E-state index contributed by atoms with van der Waals surface area (Å²) in [6, 6.07) is 10.7. The average Bonchev–Trinajstić information content (AvgIpc) is 2.48. The average molecular weight is 358 g/mol. The van der Waals surface area contributed by atoms with Gasteiger partial charge in [-0.1, -0.05) is 23.7 Å². The summed E-state index contributed by atoms with van der Waals surface area (Å²) in [5.74, 6) is 1.21. The summed E-state index contributed by atoms with van der Waals surface area (Å²) in [7, 11) is 3.13. The van der Waals surface area contributed by atoms with Gasteiger partial charge in [-0.2, -0.15) is 0 Å². The lowest BCUT2D eigenvalue weighted by molar-refractivity contribution is 0.214. The Balaban J connectivity index is 2.47. The third-order valence-electron chi connectivity index (χ3n) is 3.01. The van der Waals surface area contributed by atoms with Crippen molar-refractivity contribution in [3.63, 3.8) is 0 Å². The number of hydrogen-bond acceptors (Lipinski definition) is 3. The molecule has 1 atom stereocenters. The molecule has 0 aliphatic heterocycles. The highest BCUT2D eigenvalue weighted by Crippen LogP contribution is 2.37. The summed E-state index contributed by atoms with van der Waals surface area (Å²) in [6.07, 6.45) is -0.874. The fraction of sp³-hybridized carbons (Fsp3) is 0.200. The lowest BCUT2D eigenvalue weighted by Gasteiger charge is -2.17. The fourth-order valence-corrected chi connectivity index (χ4v) is 2.55. The van der Waals surface area contributed by atoms with Crippen molar-refractivity contribution in [3.8, 4) is 11.5 Å². The van der Waals surface area contributed by atoms with Gasteiger partial charge in [0.2, 0.25) is 0 Å². The Morgan fingerprint density at radius 3 is 2.50 bits per heavy atom. The van der Waals surface area contributed by atoms with Crippen LogP contribution in [0.1, 0.15) is 17.2 Å². The summed E-state index contributed by atoms with van der Waals surface area (Å²) >= 11 is 9.57. The molecule has 0 aromatic heterocycles. The Morgan fingerprint density at radius 2 is 1.85 bits per heavy atom. The van der Waals surface area contributed by atoms with Gasteiger partial charge < -0.3 is 14.6 Å². The second-order valence-corrected chi connectivity index (χ2v) is 5.39. The first-order valence-electron chi connectivity index (χ1n) is 5.92. The van der Waals surface area contributed by atoms with E-state index >= 15 is 0 Å². The molecule has 106 valence electrons. The van der Waals surface area contributed by atoms with Crippen LogP contribution >= 0.6 is 27.5 Å². The van der Waals surface area contributed by atoms with E-state index in [1.807, 2.05) is 12.1 Å². The molecule has 3 nitrogen and oxygen atoms in total. The second-order valence-electron chi connectivity index (χ2n) is 4.15. The van der Waals surface area contributed by atoms with Gasteiger partial charge in [0.05, 0.1) is 19.2 Å². The van der Waals surface area contributed by atoms with Crippen molar-refractivity contribution in [1.29, 1.82) is 0 Å². The Morgan fingerprint density at radius 1 is 1.10 bits per heavy atom. The molecular weight excluding hydrogens is 344 g/mol. The van der Waals surface area contributed by atoms with Gasteiger partial charge in [-0.15, -0.1) is 0 Å². The summed E-state index contributed by atoms with van der Waals surface area (Å²) in [6.45, 7) is 0. The zero-order chi connectivity index (χ0) is 14.7. The van der Waals surface area contributed by atoms with E-state index in [1.165, 1.54) is 0 Å². The normalized spacial score (nSPS) is 12.1. The van der Waals surface area contributed by atoms with Crippen LogP contribution in [0.3, 0.4) is 0 Å². The number of halogens is 2. The van der Waals surface area contributed by atoms with Crippen LogP contribution < -0.4 is 9.47 Å². The van der Waals surface area contributed by atoms with Crippen LogP contribution in [0.15, 0.2) is 40.9 Å². The summed E-state index contributed by atoms with van der Waals surface area (Å²) in [5.41, 5.74) is 1.25. The molecule has 0 fully saturated rings. The van der Waals surface area contributed by atoms with Crippen LogP contribution in [0.5, 0.6) is 11.5 Å². The van der Waals surface area contributed by atoms with E-state index in [4.69, 9.17) is 21.1 Å². The molecule has 0 amide bonds. The van der Waals surface area contributed by atoms with E-state index in [0.717, 1.165) is 4.47 Å². The summed E-state index contributed by atoms with van der Waals surface area (Å²) in [5, 5.41) is 11.0. The number of benzene rings is 2. The topological polar surface area (TPSA) is 38.7 Å². The van der Waals surface area contributed by atoms with Crippen molar-refractivity contribution < 1.29 is 14.6 Å². The molecule has 0 saturated carbocycles. The van der Waals surface area contributed by atoms with Crippen LogP contribution in [0.4, 0.5) is 0 Å². The highest BCUT2D eigenvalue weighted by Gasteiger charge is 2.19. The van der Waals surface area contributed by atoms with Gasteiger partial charge >= 0.3 is 0 Å². The molecular formula is C15H14BrClO3. The number of hydrogen-bond donors (Lipinski definition) is 1. The Bertz CT molecular complexity index is 616. The largest absolute Gasteiger partial charge is 0.497 e. The number of rotatable bonds is 4. The lowest BCUT2D eigenvalue weighted by atomic mass is 10.0. The molecule has 20 heavy (non-hydrogen) atoms. The third-order valence-corrected chi connectivity index (χ3v) is 4.32. The Hall–Kier alpha value is -1.23. The second kappa shape index (κ2) is 6.48. The van der Waals surface area contributed by atoms with Gasteiger partial charge in [0, 0.05) is 21.7 Å². The van der Waals surface area contributed by atoms with Crippen molar-refractivity contribution in [2.45, 2.75) is 6.10 Å². The lowest BCUT2D eigenvalue weighted by Crippen LogP contribution is -2.03.